The maximum atomic E-state index is 12.2. The van der Waals surface area contributed by atoms with Crippen LogP contribution in [0.2, 0.25) is 0 Å². The van der Waals surface area contributed by atoms with Crippen LogP contribution in [0.3, 0.4) is 0 Å². The maximum Gasteiger partial charge on any atom is 0.351 e. The third kappa shape index (κ3) is 12.3. The lowest BCUT2D eigenvalue weighted by Crippen LogP contribution is -2.53. The van der Waals surface area contributed by atoms with Crippen LogP contribution in [0.25, 0.3) is 0 Å². The summed E-state index contributed by atoms with van der Waals surface area (Å²) in [5.74, 6) is -2.25. The van der Waals surface area contributed by atoms with Gasteiger partial charge in [-0.1, -0.05) is 20.8 Å². The van der Waals surface area contributed by atoms with Gasteiger partial charge in [0.15, 0.2) is 22.9 Å². The largest absolute Gasteiger partial charge is 0.457 e. The summed E-state index contributed by atoms with van der Waals surface area (Å²) in [6, 6.07) is 0. The van der Waals surface area contributed by atoms with E-state index in [1.807, 2.05) is 48.5 Å². The van der Waals surface area contributed by atoms with Crippen LogP contribution in [0.4, 0.5) is 0 Å². The van der Waals surface area contributed by atoms with E-state index in [0.29, 0.717) is 25.7 Å². The Kier molecular flexibility index (Phi) is 17.2. The monoisotopic (exact) mass is 802 g/mol. The van der Waals surface area contributed by atoms with E-state index in [1.165, 1.54) is 14.2 Å². The lowest BCUT2D eigenvalue weighted by molar-refractivity contribution is -0.194. The molecule has 0 saturated carbocycles. The molecule has 15 heteroatoms. The molecule has 0 aromatic carbocycles. The van der Waals surface area contributed by atoms with Crippen molar-refractivity contribution in [2.75, 3.05) is 41.2 Å². The van der Waals surface area contributed by atoms with Crippen LogP contribution in [-0.4, -0.2) is 111 Å². The highest BCUT2D eigenvalue weighted by atomic mass is 16.6. The van der Waals surface area contributed by atoms with Crippen molar-refractivity contribution in [1.29, 1.82) is 0 Å². The standard InChI is InChI=1S/2C14H24O5.C13H22O5/c1-7-12(2,3)10(15)19-14(5)8-13(4,9-17-6)18-11(14)16;1-7-12(2,3)11(16)19-13(4)8-10(15)18-14(13,5)9-17-6;1-6-12(2,3)11(15)17-9-7-10(14)18-13(9,4)8-16-5/h2*7-9H2,1-6H3;9H,6-8H2,1-5H3. The van der Waals surface area contributed by atoms with E-state index < -0.39 is 56.3 Å². The molecule has 0 N–H and O–H groups in total. The molecule has 15 nitrogen and oxygen atoms in total. The minimum atomic E-state index is -1.23. The van der Waals surface area contributed by atoms with Gasteiger partial charge in [0.1, 0.15) is 5.60 Å². The highest BCUT2D eigenvalue weighted by Gasteiger charge is 2.59. The number of cyclic esters (lactones) is 3. The number of carbonyl (C=O) groups is 6. The number of hydrogen-bond acceptors (Lipinski definition) is 15. The van der Waals surface area contributed by atoms with Crippen LogP contribution in [0.1, 0.15) is 135 Å². The molecule has 0 radical (unpaired) electrons. The van der Waals surface area contributed by atoms with Crippen molar-refractivity contribution in [2.45, 2.75) is 170 Å². The first kappa shape index (κ1) is 50.7. The second-order valence-electron chi connectivity index (χ2n) is 18.0. The molecule has 0 aromatic heterocycles. The fraction of sp³-hybridized carbons (Fsp3) is 0.854. The zero-order valence-electron chi connectivity index (χ0n) is 37.1. The van der Waals surface area contributed by atoms with Crippen LogP contribution in [0.5, 0.6) is 0 Å². The summed E-state index contributed by atoms with van der Waals surface area (Å²) in [5, 5.41) is 0. The Balaban J connectivity index is 0.000000420. The third-order valence-corrected chi connectivity index (χ3v) is 11.3. The molecular weight excluding hydrogens is 732 g/mol. The smallest absolute Gasteiger partial charge is 0.351 e. The van der Waals surface area contributed by atoms with E-state index in [1.54, 1.807) is 55.6 Å². The molecule has 324 valence electrons. The lowest BCUT2D eigenvalue weighted by atomic mass is 9.84. The van der Waals surface area contributed by atoms with E-state index in [4.69, 9.17) is 42.6 Å². The Bertz CT molecular complexity index is 1420. The molecule has 3 fully saturated rings. The highest BCUT2D eigenvalue weighted by molar-refractivity contribution is 5.87. The summed E-state index contributed by atoms with van der Waals surface area (Å²) < 4.78 is 47.5. The zero-order chi connectivity index (χ0) is 43.8. The van der Waals surface area contributed by atoms with Crippen molar-refractivity contribution in [3.8, 4) is 0 Å². The van der Waals surface area contributed by atoms with Crippen molar-refractivity contribution >= 4 is 35.8 Å². The summed E-state index contributed by atoms with van der Waals surface area (Å²) in [6.45, 7) is 25.9. The van der Waals surface area contributed by atoms with Gasteiger partial charge in [-0.15, -0.1) is 0 Å². The van der Waals surface area contributed by atoms with Gasteiger partial charge in [-0.2, -0.15) is 0 Å². The molecule has 0 aromatic rings. The molecule has 56 heavy (non-hydrogen) atoms. The molecule has 0 bridgehead atoms. The molecule has 0 spiro atoms. The Morgan fingerprint density at radius 2 is 1.11 bits per heavy atom. The topological polar surface area (TPSA) is 185 Å². The lowest BCUT2D eigenvalue weighted by Gasteiger charge is -2.38. The van der Waals surface area contributed by atoms with Gasteiger partial charge >= 0.3 is 35.8 Å². The molecule has 0 amide bonds. The fourth-order valence-electron chi connectivity index (χ4n) is 5.79. The van der Waals surface area contributed by atoms with Crippen molar-refractivity contribution in [1.82, 2.24) is 0 Å². The number of hydrogen-bond donors (Lipinski definition) is 0. The molecule has 3 heterocycles. The van der Waals surface area contributed by atoms with Gasteiger partial charge < -0.3 is 42.6 Å². The summed E-state index contributed by atoms with van der Waals surface area (Å²) in [6.07, 6.45) is 1.85. The van der Waals surface area contributed by atoms with Gasteiger partial charge in [0.05, 0.1) is 48.9 Å². The van der Waals surface area contributed by atoms with E-state index in [9.17, 15) is 28.8 Å². The first-order chi connectivity index (χ1) is 25.4. The summed E-state index contributed by atoms with van der Waals surface area (Å²) >= 11 is 0. The van der Waals surface area contributed by atoms with Gasteiger partial charge in [0.25, 0.3) is 0 Å². The predicted octanol–water partition coefficient (Wildman–Crippen LogP) is 5.84. The summed E-state index contributed by atoms with van der Waals surface area (Å²) in [5.41, 5.74) is -6.53. The van der Waals surface area contributed by atoms with Crippen LogP contribution < -0.4 is 0 Å². The van der Waals surface area contributed by atoms with Crippen molar-refractivity contribution < 1.29 is 71.4 Å². The molecule has 6 unspecified atom stereocenters. The van der Waals surface area contributed by atoms with Crippen LogP contribution in [0.15, 0.2) is 0 Å². The Morgan fingerprint density at radius 3 is 1.57 bits per heavy atom. The van der Waals surface area contributed by atoms with Crippen LogP contribution in [-0.2, 0) is 71.4 Å². The van der Waals surface area contributed by atoms with Gasteiger partial charge in [0, 0.05) is 27.8 Å². The van der Waals surface area contributed by atoms with Crippen LogP contribution in [0, 0.1) is 16.2 Å². The molecule has 3 aliphatic rings. The Hall–Kier alpha value is -3.30. The highest BCUT2D eigenvalue weighted by Crippen LogP contribution is 2.42. The number of ether oxygens (including phenoxy) is 9. The van der Waals surface area contributed by atoms with E-state index in [-0.39, 0.29) is 62.5 Å². The van der Waals surface area contributed by atoms with E-state index >= 15 is 0 Å². The minimum absolute atomic E-state index is 0.0540. The Labute approximate surface area is 333 Å². The number of methoxy groups -OCH3 is 3. The van der Waals surface area contributed by atoms with Crippen molar-refractivity contribution in [3.05, 3.63) is 0 Å². The molecule has 3 aliphatic heterocycles. The number of carbonyl (C=O) groups excluding carboxylic acids is 6. The van der Waals surface area contributed by atoms with E-state index in [0.717, 1.165) is 0 Å². The summed E-state index contributed by atoms with van der Waals surface area (Å²) in [7, 11) is 4.59. The van der Waals surface area contributed by atoms with Crippen molar-refractivity contribution in [3.63, 3.8) is 0 Å². The predicted molar refractivity (Wildman–Crippen MR) is 204 cm³/mol. The third-order valence-electron chi connectivity index (χ3n) is 11.3. The molecule has 3 saturated heterocycles. The average molecular weight is 803 g/mol. The minimum Gasteiger partial charge on any atom is -0.457 e. The molecule has 3 rings (SSSR count). The van der Waals surface area contributed by atoms with Gasteiger partial charge in [0.2, 0.25) is 5.60 Å². The fourth-order valence-corrected chi connectivity index (χ4v) is 5.79. The second kappa shape index (κ2) is 19.0. The first-order valence-corrected chi connectivity index (χ1v) is 19.3. The first-order valence-electron chi connectivity index (χ1n) is 19.3. The quantitative estimate of drug-likeness (QED) is 0.142. The summed E-state index contributed by atoms with van der Waals surface area (Å²) in [4.78, 5) is 71.3. The normalized spacial score (nSPS) is 30.2. The molecular formula is C41H70O15. The molecule has 0 aliphatic carbocycles. The number of rotatable bonds is 15. The second-order valence-corrected chi connectivity index (χ2v) is 18.0. The Morgan fingerprint density at radius 1 is 0.643 bits per heavy atom. The van der Waals surface area contributed by atoms with Crippen LogP contribution >= 0.6 is 0 Å². The zero-order valence-corrected chi connectivity index (χ0v) is 37.1. The number of esters is 6. The van der Waals surface area contributed by atoms with Gasteiger partial charge in [-0.3, -0.25) is 24.0 Å². The van der Waals surface area contributed by atoms with E-state index in [2.05, 4.69) is 0 Å². The van der Waals surface area contributed by atoms with Gasteiger partial charge in [-0.25, -0.2) is 4.79 Å². The maximum absolute atomic E-state index is 12.2. The SMILES string of the molecule is CCC(C)(C)C(=O)OC1(C)CC(=O)OC1(C)COC.CCC(C)(C)C(=O)OC1(C)CC(C)(COC)OC1=O.CCC(C)(C)C(=O)OC1CC(=O)OC1(C)COC. The van der Waals surface area contributed by atoms with Crippen molar-refractivity contribution in [2.24, 2.45) is 16.2 Å². The average Bonchev–Trinajstić information content (AvgIpc) is 3.58. The van der Waals surface area contributed by atoms with Gasteiger partial charge in [-0.05, 0) is 95.4 Å². The molecule has 6 atom stereocenters.